The lowest BCUT2D eigenvalue weighted by molar-refractivity contribution is 0.278. The third-order valence-corrected chi connectivity index (χ3v) is 1.94. The van der Waals surface area contributed by atoms with Gasteiger partial charge in [-0.15, -0.1) is 11.3 Å². The van der Waals surface area contributed by atoms with Crippen molar-refractivity contribution in [1.29, 1.82) is 0 Å². The molecule has 1 rings (SSSR count). The van der Waals surface area contributed by atoms with Gasteiger partial charge in [0.2, 0.25) is 0 Å². The van der Waals surface area contributed by atoms with Crippen LogP contribution in [0.4, 0.5) is 0 Å². The maximum atomic E-state index is 8.58. The van der Waals surface area contributed by atoms with Gasteiger partial charge in [0.25, 0.3) is 0 Å². The minimum atomic E-state index is 0.0460. The van der Waals surface area contributed by atoms with Crippen LogP contribution >= 0.6 is 11.3 Å². The molecule has 0 aromatic carbocycles. The van der Waals surface area contributed by atoms with Gasteiger partial charge in [-0.3, -0.25) is 4.98 Å². The number of aromatic nitrogens is 1. The van der Waals surface area contributed by atoms with Crippen molar-refractivity contribution in [3.05, 3.63) is 11.1 Å². The minimum Gasteiger partial charge on any atom is -0.390 e. The monoisotopic (exact) mass is 140 g/mol. The van der Waals surface area contributed by atoms with E-state index in [2.05, 4.69) is 4.98 Å². The third-order valence-electron chi connectivity index (χ3n) is 0.978. The Bertz CT molecular complexity index is 170. The minimum absolute atomic E-state index is 0.0460. The lowest BCUT2D eigenvalue weighted by Gasteiger charge is -1.82. The zero-order chi connectivity index (χ0) is 6.69. The first kappa shape index (κ1) is 6.77. The van der Waals surface area contributed by atoms with E-state index in [1.165, 1.54) is 0 Å². The molecule has 0 unspecified atom stereocenters. The van der Waals surface area contributed by atoms with Crippen LogP contribution < -0.4 is 4.91 Å². The van der Waals surface area contributed by atoms with Crippen LogP contribution in [-0.2, 0) is 6.61 Å². The molecule has 2 nitrogen and oxygen atoms in total. The van der Waals surface area contributed by atoms with Gasteiger partial charge in [0.05, 0.1) is 12.3 Å². The Hall–Kier alpha value is -0.345. The van der Waals surface area contributed by atoms with Crippen molar-refractivity contribution in [2.45, 2.75) is 13.4 Å². The van der Waals surface area contributed by atoms with Crippen molar-refractivity contribution in [1.82, 2.24) is 4.98 Å². The van der Waals surface area contributed by atoms with Gasteiger partial charge in [-0.2, -0.15) is 0 Å². The summed E-state index contributed by atoms with van der Waals surface area (Å²) in [6.07, 6.45) is 0. The van der Waals surface area contributed by atoms with Crippen LogP contribution in [-0.4, -0.2) is 17.4 Å². The second-order valence-corrected chi connectivity index (χ2v) is 2.51. The van der Waals surface area contributed by atoms with Gasteiger partial charge in [-0.25, -0.2) is 0 Å². The molecule has 4 heteroatoms. The van der Waals surface area contributed by atoms with Crippen LogP contribution in [0.3, 0.4) is 0 Å². The van der Waals surface area contributed by atoms with Crippen molar-refractivity contribution in [2.24, 2.45) is 0 Å². The van der Waals surface area contributed by atoms with Gasteiger partial charge in [0.15, 0.2) is 7.28 Å². The summed E-state index contributed by atoms with van der Waals surface area (Å²) < 4.78 is 0. The zero-order valence-corrected chi connectivity index (χ0v) is 5.98. The molecule has 0 spiro atoms. The third kappa shape index (κ3) is 1.53. The zero-order valence-electron chi connectivity index (χ0n) is 5.16. The molecule has 1 aromatic heterocycles. The molecule has 0 aliphatic rings. The molecule has 9 heavy (non-hydrogen) atoms. The standard InChI is InChI=1S/C5H7BNOS/c1-6-5-7-4(2-8)3-9-5/h3,8H,2H2,1H3. The fourth-order valence-corrected chi connectivity index (χ4v) is 1.22. The van der Waals surface area contributed by atoms with Gasteiger partial charge in [0.1, 0.15) is 0 Å². The lowest BCUT2D eigenvalue weighted by Crippen LogP contribution is -2.08. The van der Waals surface area contributed by atoms with E-state index in [9.17, 15) is 0 Å². The summed E-state index contributed by atoms with van der Waals surface area (Å²) in [7, 11) is 1.92. The first-order valence-corrected chi connectivity index (χ1v) is 3.59. The van der Waals surface area contributed by atoms with Crippen molar-refractivity contribution >= 4 is 23.5 Å². The highest BCUT2D eigenvalue weighted by molar-refractivity contribution is 7.19. The summed E-state index contributed by atoms with van der Waals surface area (Å²) in [5.74, 6) is 0. The van der Waals surface area contributed by atoms with E-state index >= 15 is 0 Å². The molecular weight excluding hydrogens is 133 g/mol. The average Bonchev–Trinajstić information content (AvgIpc) is 2.34. The molecule has 0 atom stereocenters. The molecular formula is C5H7BNOS. The molecule has 1 N–H and O–H groups in total. The largest absolute Gasteiger partial charge is 0.390 e. The molecule has 0 bridgehead atoms. The van der Waals surface area contributed by atoms with Gasteiger partial charge in [-0.05, 0) is 0 Å². The van der Waals surface area contributed by atoms with Gasteiger partial charge in [0, 0.05) is 10.3 Å². The number of rotatable bonds is 2. The molecule has 1 aromatic rings. The van der Waals surface area contributed by atoms with Crippen molar-refractivity contribution < 1.29 is 5.11 Å². The smallest absolute Gasteiger partial charge is 0.188 e. The quantitative estimate of drug-likeness (QED) is 0.587. The van der Waals surface area contributed by atoms with E-state index in [1.54, 1.807) is 11.3 Å². The predicted octanol–water partition coefficient (Wildman–Crippen LogP) is 0.0130. The summed E-state index contributed by atoms with van der Waals surface area (Å²) in [6, 6.07) is 0. The summed E-state index contributed by atoms with van der Waals surface area (Å²) in [6.45, 7) is 1.98. The van der Waals surface area contributed by atoms with Crippen LogP contribution in [0.15, 0.2) is 5.38 Å². The van der Waals surface area contributed by atoms with Crippen LogP contribution in [0.2, 0.25) is 6.82 Å². The van der Waals surface area contributed by atoms with Crippen LogP contribution in [0, 0.1) is 0 Å². The first-order chi connectivity index (χ1) is 4.36. The Morgan fingerprint density at radius 3 is 3.00 bits per heavy atom. The van der Waals surface area contributed by atoms with Crippen molar-refractivity contribution in [2.75, 3.05) is 0 Å². The molecule has 0 saturated carbocycles. The Morgan fingerprint density at radius 1 is 1.89 bits per heavy atom. The summed E-state index contributed by atoms with van der Waals surface area (Å²) in [5, 5.41) is 10.4. The molecule has 1 radical (unpaired) electrons. The molecule has 0 aliphatic carbocycles. The number of hydrogen-bond donors (Lipinski definition) is 1. The van der Waals surface area contributed by atoms with Crippen LogP contribution in [0.25, 0.3) is 0 Å². The van der Waals surface area contributed by atoms with E-state index < -0.39 is 0 Å². The number of thiazole rings is 1. The molecule has 0 fully saturated rings. The van der Waals surface area contributed by atoms with E-state index in [0.717, 1.165) is 10.6 Å². The second-order valence-electron chi connectivity index (χ2n) is 1.62. The maximum absolute atomic E-state index is 8.58. The molecule has 0 amide bonds. The summed E-state index contributed by atoms with van der Waals surface area (Å²) >= 11 is 1.55. The highest BCUT2D eigenvalue weighted by Crippen LogP contribution is 1.96. The number of hydrogen-bond acceptors (Lipinski definition) is 3. The summed E-state index contributed by atoms with van der Waals surface area (Å²) in [4.78, 5) is 5.03. The van der Waals surface area contributed by atoms with Gasteiger partial charge >= 0.3 is 0 Å². The first-order valence-electron chi connectivity index (χ1n) is 2.71. The lowest BCUT2D eigenvalue weighted by atomic mass is 9.84. The second kappa shape index (κ2) is 2.99. The fraction of sp³-hybridized carbons (Fsp3) is 0.400. The summed E-state index contributed by atoms with van der Waals surface area (Å²) in [5.41, 5.74) is 0.758. The maximum Gasteiger partial charge on any atom is 0.188 e. The Balaban J connectivity index is 2.74. The molecule has 0 saturated heterocycles. The number of aliphatic hydroxyl groups excluding tert-OH is 1. The van der Waals surface area contributed by atoms with Gasteiger partial charge < -0.3 is 5.11 Å². The molecule has 1 heterocycles. The Labute approximate surface area is 58.8 Å². The SMILES string of the molecule is C[B]c1nc(CO)cs1. The number of aliphatic hydroxyl groups is 1. The Kier molecular flexibility index (Phi) is 2.25. The highest BCUT2D eigenvalue weighted by atomic mass is 32.1. The fourth-order valence-electron chi connectivity index (χ4n) is 0.528. The topological polar surface area (TPSA) is 33.1 Å². The van der Waals surface area contributed by atoms with E-state index in [-0.39, 0.29) is 6.61 Å². The molecule has 0 aliphatic heterocycles. The van der Waals surface area contributed by atoms with E-state index in [1.807, 2.05) is 19.5 Å². The van der Waals surface area contributed by atoms with E-state index in [4.69, 9.17) is 5.11 Å². The van der Waals surface area contributed by atoms with E-state index in [0.29, 0.717) is 0 Å². The highest BCUT2D eigenvalue weighted by Gasteiger charge is 1.96. The van der Waals surface area contributed by atoms with Crippen molar-refractivity contribution in [3.8, 4) is 0 Å². The number of nitrogens with zero attached hydrogens (tertiary/aromatic N) is 1. The van der Waals surface area contributed by atoms with Crippen LogP contribution in [0.1, 0.15) is 5.69 Å². The average molecular weight is 140 g/mol. The van der Waals surface area contributed by atoms with Gasteiger partial charge in [-0.1, -0.05) is 6.82 Å². The molecule has 47 valence electrons. The predicted molar refractivity (Wildman–Crippen MR) is 39.3 cm³/mol. The Morgan fingerprint density at radius 2 is 2.67 bits per heavy atom. The normalized spacial score (nSPS) is 9.56. The van der Waals surface area contributed by atoms with Crippen molar-refractivity contribution in [3.63, 3.8) is 0 Å². The van der Waals surface area contributed by atoms with Crippen LogP contribution in [0.5, 0.6) is 0 Å².